The Morgan fingerprint density at radius 3 is 2.77 bits per heavy atom. The van der Waals surface area contributed by atoms with E-state index in [0.29, 0.717) is 5.92 Å². The molecule has 0 saturated carbocycles. The number of carbonyl (C=O) groups is 1. The number of piperidine rings is 1. The largest absolute Gasteiger partial charge is 0.387 e. The normalized spacial score (nSPS) is 15.8. The molecule has 1 aromatic carbocycles. The average Bonchev–Trinajstić information content (AvgIpc) is 3.08. The first-order valence-corrected chi connectivity index (χ1v) is 7.68. The van der Waals surface area contributed by atoms with E-state index in [9.17, 15) is 4.79 Å². The Labute approximate surface area is 130 Å². The van der Waals surface area contributed by atoms with Gasteiger partial charge in [0.1, 0.15) is 0 Å². The van der Waals surface area contributed by atoms with Crippen molar-refractivity contribution in [3.8, 4) is 0 Å². The van der Waals surface area contributed by atoms with Gasteiger partial charge in [-0.25, -0.2) is 0 Å². The smallest absolute Gasteiger partial charge is 0.255 e. The summed E-state index contributed by atoms with van der Waals surface area (Å²) in [6.45, 7) is 2.49. The van der Waals surface area contributed by atoms with Crippen molar-refractivity contribution in [2.24, 2.45) is 5.92 Å². The van der Waals surface area contributed by atoms with Crippen molar-refractivity contribution in [1.29, 1.82) is 0 Å². The minimum Gasteiger partial charge on any atom is -0.387 e. The van der Waals surface area contributed by atoms with Crippen LogP contribution >= 0.6 is 0 Å². The quantitative estimate of drug-likeness (QED) is 0.936. The van der Waals surface area contributed by atoms with Crippen LogP contribution in [0.1, 0.15) is 23.2 Å². The highest BCUT2D eigenvalue weighted by molar-refractivity contribution is 5.99. The fourth-order valence-corrected chi connectivity index (χ4v) is 2.97. The van der Waals surface area contributed by atoms with Gasteiger partial charge in [-0.3, -0.25) is 9.48 Å². The fraction of sp³-hybridized carbons (Fsp3) is 0.438. The molecular formula is C16H21N5O. The SMILES string of the molecule is CNc1ccccc1C(=O)N1CCC(Cn2ccnn2)CC1. The molecule has 0 spiro atoms. The second-order valence-electron chi connectivity index (χ2n) is 5.66. The maximum atomic E-state index is 12.7. The summed E-state index contributed by atoms with van der Waals surface area (Å²) in [7, 11) is 1.84. The first-order chi connectivity index (χ1) is 10.8. The van der Waals surface area contributed by atoms with Crippen LogP contribution in [-0.4, -0.2) is 45.9 Å². The number of aromatic nitrogens is 3. The van der Waals surface area contributed by atoms with Crippen LogP contribution in [0.25, 0.3) is 0 Å². The summed E-state index contributed by atoms with van der Waals surface area (Å²) in [4.78, 5) is 14.6. The molecule has 1 amide bonds. The van der Waals surface area contributed by atoms with Gasteiger partial charge in [-0.15, -0.1) is 5.10 Å². The molecule has 0 aliphatic carbocycles. The molecule has 2 aromatic rings. The number of likely N-dealkylation sites (tertiary alicyclic amines) is 1. The first kappa shape index (κ1) is 14.6. The average molecular weight is 299 g/mol. The highest BCUT2D eigenvalue weighted by Gasteiger charge is 2.25. The van der Waals surface area contributed by atoms with E-state index in [1.165, 1.54) is 0 Å². The zero-order valence-electron chi connectivity index (χ0n) is 12.8. The Morgan fingerprint density at radius 1 is 1.32 bits per heavy atom. The Morgan fingerprint density at radius 2 is 2.09 bits per heavy atom. The van der Waals surface area contributed by atoms with Crippen LogP contribution in [0.3, 0.4) is 0 Å². The van der Waals surface area contributed by atoms with E-state index >= 15 is 0 Å². The number of hydrogen-bond donors (Lipinski definition) is 1. The molecule has 6 nitrogen and oxygen atoms in total. The van der Waals surface area contributed by atoms with Gasteiger partial charge in [0.2, 0.25) is 0 Å². The number of nitrogens with one attached hydrogen (secondary N) is 1. The summed E-state index contributed by atoms with van der Waals surface area (Å²) in [6, 6.07) is 7.67. The van der Waals surface area contributed by atoms with E-state index in [2.05, 4.69) is 15.6 Å². The summed E-state index contributed by atoms with van der Waals surface area (Å²) >= 11 is 0. The summed E-state index contributed by atoms with van der Waals surface area (Å²) in [6.07, 6.45) is 5.61. The third-order valence-corrected chi connectivity index (χ3v) is 4.25. The molecule has 3 rings (SSSR count). The lowest BCUT2D eigenvalue weighted by molar-refractivity contribution is 0.0682. The molecule has 1 aliphatic rings. The standard InChI is InChI=1S/C16H21N5O/c1-17-15-5-3-2-4-14(15)16(22)20-9-6-13(7-10-20)12-21-11-8-18-19-21/h2-5,8,11,13,17H,6-7,9-10,12H2,1H3. The van der Waals surface area contributed by atoms with Crippen LogP contribution in [0.15, 0.2) is 36.7 Å². The third-order valence-electron chi connectivity index (χ3n) is 4.25. The molecule has 116 valence electrons. The van der Waals surface area contributed by atoms with Gasteiger partial charge in [0, 0.05) is 38.6 Å². The molecule has 6 heteroatoms. The van der Waals surface area contributed by atoms with E-state index in [-0.39, 0.29) is 5.91 Å². The maximum Gasteiger partial charge on any atom is 0.255 e. The molecular weight excluding hydrogens is 278 g/mol. The molecule has 0 unspecified atom stereocenters. The van der Waals surface area contributed by atoms with Crippen molar-refractivity contribution in [2.75, 3.05) is 25.5 Å². The Hall–Kier alpha value is -2.37. The van der Waals surface area contributed by atoms with Gasteiger partial charge in [-0.2, -0.15) is 0 Å². The lowest BCUT2D eigenvalue weighted by Gasteiger charge is -2.32. The highest BCUT2D eigenvalue weighted by atomic mass is 16.2. The van der Waals surface area contributed by atoms with Crippen LogP contribution < -0.4 is 5.32 Å². The summed E-state index contributed by atoms with van der Waals surface area (Å²) in [5, 5.41) is 10.9. The molecule has 0 radical (unpaired) electrons. The first-order valence-electron chi connectivity index (χ1n) is 7.68. The predicted molar refractivity (Wildman–Crippen MR) is 84.6 cm³/mol. The Bertz CT molecular complexity index is 617. The van der Waals surface area contributed by atoms with Crippen LogP contribution in [0.5, 0.6) is 0 Å². The van der Waals surface area contributed by atoms with Crippen molar-refractivity contribution < 1.29 is 4.79 Å². The van der Waals surface area contributed by atoms with Gasteiger partial charge in [-0.1, -0.05) is 17.3 Å². The monoisotopic (exact) mass is 299 g/mol. The minimum absolute atomic E-state index is 0.115. The number of nitrogens with zero attached hydrogens (tertiary/aromatic N) is 4. The van der Waals surface area contributed by atoms with E-state index in [1.807, 2.05) is 47.1 Å². The number of carbonyl (C=O) groups excluding carboxylic acids is 1. The van der Waals surface area contributed by atoms with E-state index in [4.69, 9.17) is 0 Å². The second kappa shape index (κ2) is 6.60. The number of benzene rings is 1. The van der Waals surface area contributed by atoms with E-state index in [1.54, 1.807) is 6.20 Å². The fourth-order valence-electron chi connectivity index (χ4n) is 2.97. The molecule has 1 fully saturated rings. The molecule has 1 aliphatic heterocycles. The number of anilines is 1. The molecule has 0 bridgehead atoms. The second-order valence-corrected chi connectivity index (χ2v) is 5.66. The minimum atomic E-state index is 0.115. The van der Waals surface area contributed by atoms with Gasteiger partial charge >= 0.3 is 0 Å². The van der Waals surface area contributed by atoms with Crippen LogP contribution in [0.4, 0.5) is 5.69 Å². The van der Waals surface area contributed by atoms with Gasteiger partial charge < -0.3 is 10.2 Å². The van der Waals surface area contributed by atoms with Crippen LogP contribution in [0.2, 0.25) is 0 Å². The lowest BCUT2D eigenvalue weighted by Crippen LogP contribution is -2.39. The molecule has 1 N–H and O–H groups in total. The van der Waals surface area contributed by atoms with Crippen LogP contribution in [0, 0.1) is 5.92 Å². The Balaban J connectivity index is 1.60. The summed E-state index contributed by atoms with van der Waals surface area (Å²) in [5.41, 5.74) is 1.64. The van der Waals surface area contributed by atoms with Gasteiger partial charge in [-0.05, 0) is 30.9 Å². The summed E-state index contributed by atoms with van der Waals surface area (Å²) < 4.78 is 1.87. The predicted octanol–water partition coefficient (Wildman–Crippen LogP) is 1.87. The number of rotatable bonds is 4. The number of para-hydroxylation sites is 1. The topological polar surface area (TPSA) is 63.1 Å². The van der Waals surface area contributed by atoms with Crippen molar-refractivity contribution in [3.05, 3.63) is 42.2 Å². The molecule has 2 heterocycles. The number of hydrogen-bond acceptors (Lipinski definition) is 4. The Kier molecular flexibility index (Phi) is 4.37. The zero-order valence-corrected chi connectivity index (χ0v) is 12.8. The van der Waals surface area contributed by atoms with Crippen molar-refractivity contribution in [3.63, 3.8) is 0 Å². The van der Waals surface area contributed by atoms with Crippen molar-refractivity contribution >= 4 is 11.6 Å². The zero-order chi connectivity index (χ0) is 15.4. The number of amides is 1. The van der Waals surface area contributed by atoms with Gasteiger partial charge in [0.15, 0.2) is 0 Å². The van der Waals surface area contributed by atoms with E-state index in [0.717, 1.165) is 43.7 Å². The van der Waals surface area contributed by atoms with Crippen molar-refractivity contribution in [2.45, 2.75) is 19.4 Å². The maximum absolute atomic E-state index is 12.7. The van der Waals surface area contributed by atoms with Crippen LogP contribution in [-0.2, 0) is 6.54 Å². The molecule has 1 aromatic heterocycles. The van der Waals surface area contributed by atoms with Gasteiger partial charge in [0.25, 0.3) is 5.91 Å². The van der Waals surface area contributed by atoms with Crippen molar-refractivity contribution in [1.82, 2.24) is 19.9 Å². The van der Waals surface area contributed by atoms with E-state index < -0.39 is 0 Å². The molecule has 1 saturated heterocycles. The van der Waals surface area contributed by atoms with Gasteiger partial charge in [0.05, 0.1) is 11.8 Å². The molecule has 0 atom stereocenters. The highest BCUT2D eigenvalue weighted by Crippen LogP contribution is 2.23. The lowest BCUT2D eigenvalue weighted by atomic mass is 9.96. The third kappa shape index (κ3) is 3.10. The molecule has 22 heavy (non-hydrogen) atoms. The summed E-state index contributed by atoms with van der Waals surface area (Å²) in [5.74, 6) is 0.675.